The normalized spacial score (nSPS) is 22.5. The number of hydrogen-bond acceptors (Lipinski definition) is 2. The predicted octanol–water partition coefficient (Wildman–Crippen LogP) is 3.40. The zero-order chi connectivity index (χ0) is 13.3. The van der Waals surface area contributed by atoms with E-state index >= 15 is 0 Å². The second kappa shape index (κ2) is 4.73. The minimum absolute atomic E-state index is 0.0149. The van der Waals surface area contributed by atoms with Crippen molar-refractivity contribution in [3.63, 3.8) is 0 Å². The van der Waals surface area contributed by atoms with Crippen molar-refractivity contribution in [1.82, 2.24) is 0 Å². The molecule has 1 aliphatic rings. The standard InChI is InChI=1S/C15H19FO2/c1-15(2)8-10(7-11(17)9-15)12-5-4-6-13(18-3)14(12)16/h4-7,11,17H,8-9H2,1-3H3. The highest BCUT2D eigenvalue weighted by Gasteiger charge is 2.29. The van der Waals surface area contributed by atoms with Crippen LogP contribution in [0.15, 0.2) is 24.3 Å². The first kappa shape index (κ1) is 13.1. The number of hydrogen-bond donors (Lipinski definition) is 1. The first-order valence-electron chi connectivity index (χ1n) is 6.14. The number of aliphatic hydroxyl groups excluding tert-OH is 1. The van der Waals surface area contributed by atoms with Crippen LogP contribution < -0.4 is 4.74 Å². The fourth-order valence-electron chi connectivity index (χ4n) is 2.61. The Hall–Kier alpha value is -1.35. The van der Waals surface area contributed by atoms with Crippen molar-refractivity contribution < 1.29 is 14.2 Å². The van der Waals surface area contributed by atoms with E-state index in [1.165, 1.54) is 7.11 Å². The highest BCUT2D eigenvalue weighted by atomic mass is 19.1. The summed E-state index contributed by atoms with van der Waals surface area (Å²) in [6, 6.07) is 5.10. The molecule has 2 nitrogen and oxygen atoms in total. The summed E-state index contributed by atoms with van der Waals surface area (Å²) >= 11 is 0. The van der Waals surface area contributed by atoms with Crippen LogP contribution in [0.5, 0.6) is 5.75 Å². The van der Waals surface area contributed by atoms with E-state index in [9.17, 15) is 9.50 Å². The van der Waals surface area contributed by atoms with Gasteiger partial charge in [0, 0.05) is 5.56 Å². The molecule has 1 unspecified atom stereocenters. The molecule has 0 fully saturated rings. The molecule has 1 N–H and O–H groups in total. The third-order valence-electron chi connectivity index (χ3n) is 3.35. The average molecular weight is 250 g/mol. The van der Waals surface area contributed by atoms with Crippen LogP contribution in [0, 0.1) is 11.2 Å². The molecule has 0 saturated carbocycles. The third kappa shape index (κ3) is 2.56. The van der Waals surface area contributed by atoms with Crippen molar-refractivity contribution >= 4 is 5.57 Å². The molecule has 0 radical (unpaired) electrons. The number of allylic oxidation sites excluding steroid dienone is 1. The molecule has 1 aliphatic carbocycles. The molecule has 0 aliphatic heterocycles. The smallest absolute Gasteiger partial charge is 0.172 e. The van der Waals surface area contributed by atoms with Gasteiger partial charge in [0.1, 0.15) is 0 Å². The van der Waals surface area contributed by atoms with E-state index in [0.29, 0.717) is 12.0 Å². The molecule has 2 rings (SSSR count). The van der Waals surface area contributed by atoms with E-state index in [4.69, 9.17) is 4.74 Å². The largest absolute Gasteiger partial charge is 0.494 e. The van der Waals surface area contributed by atoms with Gasteiger partial charge in [-0.3, -0.25) is 0 Å². The van der Waals surface area contributed by atoms with Gasteiger partial charge in [-0.2, -0.15) is 0 Å². The van der Waals surface area contributed by atoms with Crippen LogP contribution >= 0.6 is 0 Å². The van der Waals surface area contributed by atoms with E-state index in [1.54, 1.807) is 24.3 Å². The molecule has 98 valence electrons. The summed E-state index contributed by atoms with van der Waals surface area (Å²) in [5.41, 5.74) is 1.37. The lowest BCUT2D eigenvalue weighted by Crippen LogP contribution is -2.24. The lowest BCUT2D eigenvalue weighted by molar-refractivity contribution is 0.146. The van der Waals surface area contributed by atoms with E-state index in [2.05, 4.69) is 13.8 Å². The number of ether oxygens (including phenoxy) is 1. The van der Waals surface area contributed by atoms with Gasteiger partial charge < -0.3 is 9.84 Å². The molecule has 3 heteroatoms. The van der Waals surface area contributed by atoms with Crippen molar-refractivity contribution in [2.45, 2.75) is 32.8 Å². The van der Waals surface area contributed by atoms with Gasteiger partial charge in [-0.05, 0) is 29.9 Å². The maximum Gasteiger partial charge on any atom is 0.172 e. The first-order valence-corrected chi connectivity index (χ1v) is 6.14. The number of rotatable bonds is 2. The van der Waals surface area contributed by atoms with E-state index < -0.39 is 6.10 Å². The van der Waals surface area contributed by atoms with E-state index in [0.717, 1.165) is 12.0 Å². The van der Waals surface area contributed by atoms with Crippen molar-refractivity contribution in [2.75, 3.05) is 7.11 Å². The van der Waals surface area contributed by atoms with Gasteiger partial charge in [0.05, 0.1) is 13.2 Å². The van der Waals surface area contributed by atoms with Crippen LogP contribution in [0.2, 0.25) is 0 Å². The quantitative estimate of drug-likeness (QED) is 0.871. The molecule has 18 heavy (non-hydrogen) atoms. The Morgan fingerprint density at radius 1 is 1.39 bits per heavy atom. The molecule has 0 amide bonds. The minimum Gasteiger partial charge on any atom is -0.494 e. The third-order valence-corrected chi connectivity index (χ3v) is 3.35. The SMILES string of the molecule is COc1cccc(C2=CC(O)CC(C)(C)C2)c1F. The number of halogens is 1. The summed E-state index contributed by atoms with van der Waals surface area (Å²) in [5.74, 6) is -0.109. The summed E-state index contributed by atoms with van der Waals surface area (Å²) in [4.78, 5) is 0. The summed E-state index contributed by atoms with van der Waals surface area (Å²) < 4.78 is 19.2. The van der Waals surface area contributed by atoms with Gasteiger partial charge in [-0.25, -0.2) is 4.39 Å². The summed E-state index contributed by atoms with van der Waals surface area (Å²) in [6.45, 7) is 4.17. The Balaban J connectivity index is 2.43. The summed E-state index contributed by atoms with van der Waals surface area (Å²) in [6.07, 6.45) is 2.72. The zero-order valence-electron chi connectivity index (χ0n) is 11.0. The van der Waals surface area contributed by atoms with Gasteiger partial charge in [0.2, 0.25) is 0 Å². The summed E-state index contributed by atoms with van der Waals surface area (Å²) in [5, 5.41) is 9.86. The van der Waals surface area contributed by atoms with Gasteiger partial charge in [0.25, 0.3) is 0 Å². The Kier molecular flexibility index (Phi) is 3.44. The van der Waals surface area contributed by atoms with E-state index in [1.807, 2.05) is 0 Å². The predicted molar refractivity (Wildman–Crippen MR) is 70.0 cm³/mol. The van der Waals surface area contributed by atoms with Gasteiger partial charge in [-0.1, -0.05) is 32.1 Å². The zero-order valence-corrected chi connectivity index (χ0v) is 11.0. The van der Waals surface area contributed by atoms with Crippen LogP contribution in [0.3, 0.4) is 0 Å². The van der Waals surface area contributed by atoms with Crippen molar-refractivity contribution in [3.8, 4) is 5.75 Å². The number of benzene rings is 1. The Morgan fingerprint density at radius 2 is 2.11 bits per heavy atom. The highest BCUT2D eigenvalue weighted by Crippen LogP contribution is 2.41. The van der Waals surface area contributed by atoms with Crippen LogP contribution in [0.25, 0.3) is 5.57 Å². The molecule has 0 spiro atoms. The fraction of sp³-hybridized carbons (Fsp3) is 0.467. The van der Waals surface area contributed by atoms with Crippen LogP contribution in [-0.4, -0.2) is 18.3 Å². The van der Waals surface area contributed by atoms with E-state index in [-0.39, 0.29) is 17.0 Å². The van der Waals surface area contributed by atoms with Crippen LogP contribution in [0.1, 0.15) is 32.3 Å². The Labute approximate surface area is 107 Å². The Morgan fingerprint density at radius 3 is 2.72 bits per heavy atom. The molecule has 1 aromatic carbocycles. The lowest BCUT2D eigenvalue weighted by Gasteiger charge is -2.32. The van der Waals surface area contributed by atoms with Gasteiger partial charge in [-0.15, -0.1) is 0 Å². The summed E-state index contributed by atoms with van der Waals surface area (Å²) in [7, 11) is 1.45. The second-order valence-corrected chi connectivity index (χ2v) is 5.63. The van der Waals surface area contributed by atoms with Crippen LogP contribution in [-0.2, 0) is 0 Å². The van der Waals surface area contributed by atoms with Gasteiger partial charge >= 0.3 is 0 Å². The van der Waals surface area contributed by atoms with Crippen molar-refractivity contribution in [2.24, 2.45) is 5.41 Å². The number of methoxy groups -OCH3 is 1. The average Bonchev–Trinajstić information content (AvgIpc) is 2.26. The van der Waals surface area contributed by atoms with Crippen LogP contribution in [0.4, 0.5) is 4.39 Å². The molecule has 0 saturated heterocycles. The number of aliphatic hydroxyl groups is 1. The maximum absolute atomic E-state index is 14.2. The highest BCUT2D eigenvalue weighted by molar-refractivity contribution is 5.69. The molecule has 0 aromatic heterocycles. The topological polar surface area (TPSA) is 29.5 Å². The minimum atomic E-state index is -0.505. The van der Waals surface area contributed by atoms with Crippen molar-refractivity contribution in [3.05, 3.63) is 35.7 Å². The second-order valence-electron chi connectivity index (χ2n) is 5.63. The fourth-order valence-corrected chi connectivity index (χ4v) is 2.61. The van der Waals surface area contributed by atoms with Gasteiger partial charge in [0.15, 0.2) is 11.6 Å². The molecule has 0 heterocycles. The molecule has 0 bridgehead atoms. The molecule has 1 atom stereocenters. The maximum atomic E-state index is 14.2. The molecular weight excluding hydrogens is 231 g/mol. The molecule has 1 aromatic rings. The lowest BCUT2D eigenvalue weighted by atomic mass is 9.74. The monoisotopic (exact) mass is 250 g/mol. The molecular formula is C15H19FO2. The Bertz CT molecular complexity index is 477. The first-order chi connectivity index (χ1) is 8.43. The van der Waals surface area contributed by atoms with Crippen molar-refractivity contribution in [1.29, 1.82) is 0 Å².